The van der Waals surface area contributed by atoms with Gasteiger partial charge in [-0.2, -0.15) is 0 Å². The number of carbonyl (C=O) groups is 1. The molecular weight excluding hydrogens is 392 g/mol. The molecular formula is C25H44N2O4. The van der Waals surface area contributed by atoms with Crippen molar-refractivity contribution in [3.8, 4) is 0 Å². The topological polar surface area (TPSA) is 82.0 Å². The first-order valence-electron chi connectivity index (χ1n) is 12.3. The largest absolute Gasteiger partial charge is 0.394 e. The number of piperidine rings is 1. The highest BCUT2D eigenvalue weighted by Gasteiger charge is 2.64. The van der Waals surface area contributed by atoms with Gasteiger partial charge >= 0.3 is 0 Å². The highest BCUT2D eigenvalue weighted by atomic mass is 16.6. The lowest BCUT2D eigenvalue weighted by Gasteiger charge is -2.50. The first kappa shape index (κ1) is 24.7. The summed E-state index contributed by atoms with van der Waals surface area (Å²) in [6.45, 7) is 8.23. The van der Waals surface area contributed by atoms with Crippen LogP contribution in [-0.4, -0.2) is 62.7 Å². The van der Waals surface area contributed by atoms with Gasteiger partial charge in [0.2, 0.25) is 0 Å². The van der Waals surface area contributed by atoms with Crippen molar-refractivity contribution >= 4 is 5.91 Å². The van der Waals surface area contributed by atoms with E-state index in [1.807, 2.05) is 0 Å². The molecule has 1 aliphatic carbocycles. The fraction of sp³-hybridized carbons (Fsp3) is 0.880. The summed E-state index contributed by atoms with van der Waals surface area (Å²) in [5, 5.41) is 23.5. The molecule has 2 saturated heterocycles. The molecule has 2 heterocycles. The molecule has 2 spiro atoms. The number of hydrogen-bond donors (Lipinski definition) is 3. The van der Waals surface area contributed by atoms with Crippen LogP contribution in [0.1, 0.15) is 98.3 Å². The van der Waals surface area contributed by atoms with Crippen molar-refractivity contribution < 1.29 is 19.7 Å². The van der Waals surface area contributed by atoms with Gasteiger partial charge in [0.1, 0.15) is 0 Å². The highest BCUT2D eigenvalue weighted by Crippen LogP contribution is 2.49. The molecule has 0 saturated carbocycles. The van der Waals surface area contributed by atoms with Gasteiger partial charge in [0.15, 0.2) is 11.3 Å². The normalized spacial score (nSPS) is 33.1. The first-order valence-corrected chi connectivity index (χ1v) is 12.3. The van der Waals surface area contributed by atoms with E-state index in [4.69, 9.17) is 4.74 Å². The van der Waals surface area contributed by atoms with Crippen molar-refractivity contribution in [2.75, 3.05) is 13.2 Å². The summed E-state index contributed by atoms with van der Waals surface area (Å²) < 4.78 is 6.92. The molecule has 178 valence electrons. The third kappa shape index (κ3) is 5.70. The molecule has 1 amide bonds. The fourth-order valence-corrected chi connectivity index (χ4v) is 6.26. The Balaban J connectivity index is 2.00. The predicted molar refractivity (Wildman–Crippen MR) is 123 cm³/mol. The minimum Gasteiger partial charge on any atom is -0.394 e. The van der Waals surface area contributed by atoms with Crippen LogP contribution in [0.15, 0.2) is 12.2 Å². The second-order valence-corrected chi connectivity index (χ2v) is 11.4. The Labute approximate surface area is 188 Å². The number of amides is 1. The zero-order valence-electron chi connectivity index (χ0n) is 20.1. The van der Waals surface area contributed by atoms with E-state index in [-0.39, 0.29) is 30.1 Å². The zero-order valence-corrected chi connectivity index (χ0v) is 20.1. The molecule has 2 atom stereocenters. The average molecular weight is 437 g/mol. The van der Waals surface area contributed by atoms with Crippen molar-refractivity contribution in [1.82, 2.24) is 10.2 Å². The fourth-order valence-electron chi connectivity index (χ4n) is 6.26. The van der Waals surface area contributed by atoms with E-state index in [0.717, 1.165) is 32.1 Å². The number of allylic oxidation sites excluding steroid dienone is 1. The molecule has 6 heteroatoms. The van der Waals surface area contributed by atoms with Gasteiger partial charge in [0.25, 0.3) is 5.91 Å². The van der Waals surface area contributed by atoms with Crippen LogP contribution in [0.5, 0.6) is 0 Å². The Morgan fingerprint density at radius 3 is 2.23 bits per heavy atom. The van der Waals surface area contributed by atoms with Crippen LogP contribution in [0, 0.1) is 0 Å². The van der Waals surface area contributed by atoms with Gasteiger partial charge in [0.05, 0.1) is 19.3 Å². The number of β-amino-alcohol motifs (C(OH)–C–C–N with tert-alkyl or cyclic N) is 1. The Hall–Kier alpha value is -0.950. The van der Waals surface area contributed by atoms with E-state index >= 15 is 0 Å². The summed E-state index contributed by atoms with van der Waals surface area (Å²) in [5.41, 5.74) is -2.27. The second kappa shape index (κ2) is 9.50. The average Bonchev–Trinajstić information content (AvgIpc) is 2.84. The number of ether oxygens (including phenoxy) is 1. The van der Waals surface area contributed by atoms with Crippen LogP contribution in [0.4, 0.5) is 0 Å². The van der Waals surface area contributed by atoms with Crippen molar-refractivity contribution in [3.05, 3.63) is 12.2 Å². The Morgan fingerprint density at radius 2 is 1.61 bits per heavy atom. The summed E-state index contributed by atoms with van der Waals surface area (Å²) >= 11 is 0. The van der Waals surface area contributed by atoms with Crippen molar-refractivity contribution in [2.45, 2.75) is 127 Å². The van der Waals surface area contributed by atoms with Crippen LogP contribution in [-0.2, 0) is 9.53 Å². The predicted octanol–water partition coefficient (Wildman–Crippen LogP) is 3.65. The van der Waals surface area contributed by atoms with E-state index < -0.39 is 17.4 Å². The quantitative estimate of drug-likeness (QED) is 0.588. The van der Waals surface area contributed by atoms with Crippen LogP contribution in [0.2, 0.25) is 0 Å². The van der Waals surface area contributed by atoms with Crippen molar-refractivity contribution in [3.63, 3.8) is 0 Å². The summed E-state index contributed by atoms with van der Waals surface area (Å²) in [4.78, 5) is 15.7. The minimum absolute atomic E-state index is 0.0422. The van der Waals surface area contributed by atoms with Gasteiger partial charge in [0, 0.05) is 23.9 Å². The first-order chi connectivity index (χ1) is 14.5. The number of hydrogen-bond acceptors (Lipinski definition) is 5. The van der Waals surface area contributed by atoms with Crippen molar-refractivity contribution in [1.29, 1.82) is 0 Å². The number of carbonyl (C=O) groups excluding carboxylic acids is 1. The third-order valence-electron chi connectivity index (χ3n) is 6.98. The smallest absolute Gasteiger partial charge is 0.257 e. The molecule has 31 heavy (non-hydrogen) atoms. The van der Waals surface area contributed by atoms with Crippen LogP contribution < -0.4 is 5.32 Å². The third-order valence-corrected chi connectivity index (χ3v) is 6.98. The van der Waals surface area contributed by atoms with Crippen molar-refractivity contribution in [2.24, 2.45) is 0 Å². The Kier molecular flexibility index (Phi) is 7.57. The highest BCUT2D eigenvalue weighted by molar-refractivity contribution is 5.89. The molecule has 2 aliphatic heterocycles. The number of aliphatic hydroxyl groups is 2. The summed E-state index contributed by atoms with van der Waals surface area (Å²) in [7, 11) is 0. The number of rotatable bonds is 3. The summed E-state index contributed by atoms with van der Waals surface area (Å²) in [6, 6.07) is 0. The van der Waals surface area contributed by atoms with Crippen LogP contribution in [0.25, 0.3) is 0 Å². The van der Waals surface area contributed by atoms with Gasteiger partial charge in [-0.05, 0) is 59.5 Å². The Morgan fingerprint density at radius 1 is 1.03 bits per heavy atom. The number of nitrogens with zero attached hydrogens (tertiary/aromatic N) is 1. The van der Waals surface area contributed by atoms with Crippen LogP contribution >= 0.6 is 0 Å². The van der Waals surface area contributed by atoms with Gasteiger partial charge in [-0.25, -0.2) is 0 Å². The van der Waals surface area contributed by atoms with E-state index in [1.54, 1.807) is 4.90 Å². The number of nitrogens with one attached hydrogen (secondary N) is 1. The Bertz CT molecular complexity index is 644. The molecule has 3 N–H and O–H groups in total. The SMILES string of the molecule is CC1(C)CC2(CC(C)(C)N1)OC1(/C=C/CCCCCCCCC1)N(CC(O)CO)C2=O. The molecule has 0 aromatic carbocycles. The van der Waals surface area contributed by atoms with Gasteiger partial charge in [-0.1, -0.05) is 38.2 Å². The lowest BCUT2D eigenvalue weighted by Crippen LogP contribution is -2.65. The molecule has 0 bridgehead atoms. The maximum absolute atomic E-state index is 14.0. The van der Waals surface area contributed by atoms with Gasteiger partial charge < -0.3 is 25.2 Å². The van der Waals surface area contributed by atoms with E-state index in [0.29, 0.717) is 12.8 Å². The molecule has 0 aromatic heterocycles. The molecule has 2 unspecified atom stereocenters. The molecule has 0 radical (unpaired) electrons. The monoisotopic (exact) mass is 436 g/mol. The summed E-state index contributed by atoms with van der Waals surface area (Å²) in [5.74, 6) is -0.0422. The van der Waals surface area contributed by atoms with E-state index in [9.17, 15) is 15.0 Å². The molecule has 3 rings (SSSR count). The second-order valence-electron chi connectivity index (χ2n) is 11.4. The maximum atomic E-state index is 14.0. The zero-order chi connectivity index (χ0) is 22.8. The van der Waals surface area contributed by atoms with Crippen LogP contribution in [0.3, 0.4) is 0 Å². The van der Waals surface area contributed by atoms with E-state index in [1.165, 1.54) is 25.7 Å². The van der Waals surface area contributed by atoms with E-state index in [2.05, 4.69) is 45.2 Å². The lowest BCUT2D eigenvalue weighted by atomic mass is 9.72. The molecule has 2 fully saturated rings. The summed E-state index contributed by atoms with van der Waals surface area (Å²) in [6.07, 6.45) is 14.4. The molecule has 0 aromatic rings. The minimum atomic E-state index is -0.975. The maximum Gasteiger partial charge on any atom is 0.257 e. The molecule has 6 nitrogen and oxygen atoms in total. The van der Waals surface area contributed by atoms with Gasteiger partial charge in [-0.15, -0.1) is 0 Å². The molecule has 3 aliphatic rings. The van der Waals surface area contributed by atoms with Gasteiger partial charge in [-0.3, -0.25) is 4.79 Å². The number of aliphatic hydroxyl groups excluding tert-OH is 2. The lowest BCUT2D eigenvalue weighted by molar-refractivity contribution is -0.156. The standard InChI is InChI=1S/C25H44N2O4/c1-22(2)18-24(19-23(3,4)26-22)21(30)27(16-20(29)17-28)25(31-24)14-12-10-8-6-5-7-9-11-13-15-25/h12,14,20,26,28-29H,5-11,13,15-19H2,1-4H3/b14-12+.